The van der Waals surface area contributed by atoms with E-state index in [-0.39, 0.29) is 18.3 Å². The number of hydrogen-bond acceptors (Lipinski definition) is 3. The van der Waals surface area contributed by atoms with Gasteiger partial charge in [-0.1, -0.05) is 6.07 Å². The number of anilines is 2. The lowest BCUT2D eigenvalue weighted by atomic mass is 10.2. The minimum atomic E-state index is -0.155. The fourth-order valence-electron chi connectivity index (χ4n) is 2.68. The van der Waals surface area contributed by atoms with Crippen molar-refractivity contribution in [1.82, 2.24) is 0 Å². The van der Waals surface area contributed by atoms with Crippen LogP contribution in [0.3, 0.4) is 0 Å². The van der Waals surface area contributed by atoms with E-state index >= 15 is 0 Å². The summed E-state index contributed by atoms with van der Waals surface area (Å²) in [4.78, 5) is 12.2. The van der Waals surface area contributed by atoms with E-state index in [1.165, 1.54) is 12.8 Å². The number of hydrogen-bond donors (Lipinski definition) is 2. The SMILES string of the molecule is Cl.Nc1ccc(C(=O)Nc2cccc(OC3CCCC3)c2)cc1. The fraction of sp³-hybridized carbons (Fsp3) is 0.278. The van der Waals surface area contributed by atoms with Crippen molar-refractivity contribution in [2.24, 2.45) is 0 Å². The van der Waals surface area contributed by atoms with Crippen molar-refractivity contribution in [3.05, 3.63) is 54.1 Å². The van der Waals surface area contributed by atoms with Crippen molar-refractivity contribution >= 4 is 29.7 Å². The molecule has 5 heteroatoms. The van der Waals surface area contributed by atoms with E-state index in [2.05, 4.69) is 5.32 Å². The molecule has 0 bridgehead atoms. The summed E-state index contributed by atoms with van der Waals surface area (Å²) in [6.45, 7) is 0. The van der Waals surface area contributed by atoms with Crippen LogP contribution in [0.15, 0.2) is 48.5 Å². The second-order valence-electron chi connectivity index (χ2n) is 5.63. The zero-order valence-electron chi connectivity index (χ0n) is 12.8. The first-order valence-electron chi connectivity index (χ1n) is 7.64. The van der Waals surface area contributed by atoms with E-state index in [0.29, 0.717) is 17.4 Å². The zero-order valence-corrected chi connectivity index (χ0v) is 13.6. The number of amides is 1. The Morgan fingerprint density at radius 1 is 1.09 bits per heavy atom. The molecule has 0 unspecified atom stereocenters. The molecular weight excluding hydrogens is 312 g/mol. The molecule has 0 spiro atoms. The maximum Gasteiger partial charge on any atom is 0.255 e. The van der Waals surface area contributed by atoms with Gasteiger partial charge in [0.15, 0.2) is 0 Å². The van der Waals surface area contributed by atoms with Crippen molar-refractivity contribution in [2.75, 3.05) is 11.1 Å². The normalized spacial score (nSPS) is 14.1. The largest absolute Gasteiger partial charge is 0.490 e. The van der Waals surface area contributed by atoms with Crippen LogP contribution in [-0.4, -0.2) is 12.0 Å². The smallest absolute Gasteiger partial charge is 0.255 e. The Hall–Kier alpha value is -2.20. The molecule has 3 rings (SSSR count). The lowest BCUT2D eigenvalue weighted by Crippen LogP contribution is -2.13. The van der Waals surface area contributed by atoms with Crippen LogP contribution in [0.25, 0.3) is 0 Å². The molecule has 0 aromatic heterocycles. The predicted molar refractivity (Wildman–Crippen MR) is 95.4 cm³/mol. The van der Waals surface area contributed by atoms with Gasteiger partial charge < -0.3 is 15.8 Å². The van der Waals surface area contributed by atoms with Crippen LogP contribution in [-0.2, 0) is 0 Å². The Morgan fingerprint density at radius 3 is 2.48 bits per heavy atom. The summed E-state index contributed by atoms with van der Waals surface area (Å²) < 4.78 is 5.95. The Kier molecular flexibility index (Phi) is 5.88. The molecule has 4 nitrogen and oxygen atoms in total. The zero-order chi connectivity index (χ0) is 15.4. The molecule has 0 heterocycles. The quantitative estimate of drug-likeness (QED) is 0.822. The Bertz CT molecular complexity index is 652. The lowest BCUT2D eigenvalue weighted by Gasteiger charge is -2.14. The Balaban J connectivity index is 0.00000192. The number of halogens is 1. The standard InChI is InChI=1S/C18H20N2O2.ClH/c19-14-10-8-13(9-11-14)18(21)20-15-4-3-7-17(12-15)22-16-5-1-2-6-16;/h3-4,7-12,16H,1-2,5-6,19H2,(H,20,21);1H. The van der Waals surface area contributed by atoms with Gasteiger partial charge in [0.2, 0.25) is 0 Å². The molecule has 1 aliphatic rings. The monoisotopic (exact) mass is 332 g/mol. The summed E-state index contributed by atoms with van der Waals surface area (Å²) in [6.07, 6.45) is 5.00. The van der Waals surface area contributed by atoms with Crippen molar-refractivity contribution in [2.45, 2.75) is 31.8 Å². The molecule has 0 radical (unpaired) electrons. The first-order valence-corrected chi connectivity index (χ1v) is 7.64. The van der Waals surface area contributed by atoms with Crippen LogP contribution < -0.4 is 15.8 Å². The summed E-state index contributed by atoms with van der Waals surface area (Å²) >= 11 is 0. The first kappa shape index (κ1) is 17.2. The van der Waals surface area contributed by atoms with Gasteiger partial charge in [-0.2, -0.15) is 0 Å². The number of carbonyl (C=O) groups excluding carboxylic acids is 1. The highest BCUT2D eigenvalue weighted by atomic mass is 35.5. The van der Waals surface area contributed by atoms with Crippen LogP contribution in [0.5, 0.6) is 5.75 Å². The van der Waals surface area contributed by atoms with Crippen LogP contribution in [0.1, 0.15) is 36.0 Å². The average Bonchev–Trinajstić information content (AvgIpc) is 3.01. The molecule has 1 fully saturated rings. The summed E-state index contributed by atoms with van der Waals surface area (Å²) in [5.41, 5.74) is 7.58. The van der Waals surface area contributed by atoms with Gasteiger partial charge in [-0.05, 0) is 62.1 Å². The van der Waals surface area contributed by atoms with Crippen LogP contribution in [0.2, 0.25) is 0 Å². The number of benzene rings is 2. The number of nitrogens with two attached hydrogens (primary N) is 1. The molecule has 122 valence electrons. The number of nitrogen functional groups attached to an aromatic ring is 1. The van der Waals surface area contributed by atoms with Crippen molar-refractivity contribution in [3.63, 3.8) is 0 Å². The van der Waals surface area contributed by atoms with Crippen molar-refractivity contribution in [1.29, 1.82) is 0 Å². The third-order valence-electron chi connectivity index (χ3n) is 3.87. The topological polar surface area (TPSA) is 64.4 Å². The minimum Gasteiger partial charge on any atom is -0.490 e. The van der Waals surface area contributed by atoms with Crippen LogP contribution >= 0.6 is 12.4 Å². The van der Waals surface area contributed by atoms with Gasteiger partial charge in [0.1, 0.15) is 5.75 Å². The predicted octanol–water partition coefficient (Wildman–Crippen LogP) is 4.26. The van der Waals surface area contributed by atoms with Gasteiger partial charge in [-0.15, -0.1) is 12.4 Å². The number of rotatable bonds is 4. The molecule has 0 saturated heterocycles. The van der Waals surface area contributed by atoms with Crippen LogP contribution in [0, 0.1) is 0 Å². The highest BCUT2D eigenvalue weighted by molar-refractivity contribution is 6.04. The van der Waals surface area contributed by atoms with Crippen molar-refractivity contribution < 1.29 is 9.53 Å². The second kappa shape index (κ2) is 7.88. The van der Waals surface area contributed by atoms with Gasteiger partial charge in [0.25, 0.3) is 5.91 Å². The summed E-state index contributed by atoms with van der Waals surface area (Å²) in [5.74, 6) is 0.653. The van der Waals surface area contributed by atoms with Gasteiger partial charge >= 0.3 is 0 Å². The molecule has 0 aliphatic heterocycles. The van der Waals surface area contributed by atoms with E-state index in [1.54, 1.807) is 24.3 Å². The van der Waals surface area contributed by atoms with E-state index in [0.717, 1.165) is 24.3 Å². The third-order valence-corrected chi connectivity index (χ3v) is 3.87. The Morgan fingerprint density at radius 2 is 1.78 bits per heavy atom. The summed E-state index contributed by atoms with van der Waals surface area (Å²) in [7, 11) is 0. The highest BCUT2D eigenvalue weighted by Crippen LogP contribution is 2.26. The van der Waals surface area contributed by atoms with E-state index < -0.39 is 0 Å². The average molecular weight is 333 g/mol. The van der Waals surface area contributed by atoms with Gasteiger partial charge in [-0.3, -0.25) is 4.79 Å². The molecule has 0 atom stereocenters. The van der Waals surface area contributed by atoms with Gasteiger partial charge in [0.05, 0.1) is 6.10 Å². The lowest BCUT2D eigenvalue weighted by molar-refractivity contribution is 0.102. The molecule has 1 saturated carbocycles. The maximum atomic E-state index is 12.2. The molecule has 23 heavy (non-hydrogen) atoms. The maximum absolute atomic E-state index is 12.2. The molecular formula is C18H21ClN2O2. The fourth-order valence-corrected chi connectivity index (χ4v) is 2.68. The van der Waals surface area contributed by atoms with Crippen molar-refractivity contribution in [3.8, 4) is 5.75 Å². The number of nitrogens with one attached hydrogen (secondary N) is 1. The van der Waals surface area contributed by atoms with E-state index in [1.807, 2.05) is 24.3 Å². The number of carbonyl (C=O) groups is 1. The Labute approximate surface area is 142 Å². The third kappa shape index (κ3) is 4.63. The molecule has 1 amide bonds. The second-order valence-corrected chi connectivity index (χ2v) is 5.63. The van der Waals surface area contributed by atoms with Gasteiger partial charge in [-0.25, -0.2) is 0 Å². The molecule has 2 aromatic rings. The number of ether oxygens (including phenoxy) is 1. The summed E-state index contributed by atoms with van der Waals surface area (Å²) in [5, 5.41) is 2.88. The molecule has 1 aliphatic carbocycles. The van der Waals surface area contributed by atoms with Gasteiger partial charge in [0, 0.05) is 23.0 Å². The molecule has 3 N–H and O–H groups in total. The van der Waals surface area contributed by atoms with E-state index in [4.69, 9.17) is 10.5 Å². The minimum absolute atomic E-state index is 0. The van der Waals surface area contributed by atoms with Crippen LogP contribution in [0.4, 0.5) is 11.4 Å². The van der Waals surface area contributed by atoms with E-state index in [9.17, 15) is 4.79 Å². The summed E-state index contributed by atoms with van der Waals surface area (Å²) in [6, 6.07) is 14.4. The highest BCUT2D eigenvalue weighted by Gasteiger charge is 2.16. The molecule has 2 aromatic carbocycles. The first-order chi connectivity index (χ1) is 10.7.